The molecule has 0 saturated heterocycles. The van der Waals surface area contributed by atoms with Gasteiger partial charge in [-0.05, 0) is 13.0 Å². The summed E-state index contributed by atoms with van der Waals surface area (Å²) in [6.07, 6.45) is 0. The monoisotopic (exact) mass is 362 g/mol. The van der Waals surface area contributed by atoms with Crippen molar-refractivity contribution < 1.29 is 23.8 Å². The largest absolute Gasteiger partial charge is 0.383 e. The summed E-state index contributed by atoms with van der Waals surface area (Å²) < 4.78 is 9.82. The topological polar surface area (TPSA) is 128 Å². The van der Waals surface area contributed by atoms with Gasteiger partial charge in [0.05, 0.1) is 11.5 Å². The molecule has 0 bridgehead atoms. The Balaban J connectivity index is 2.12. The van der Waals surface area contributed by atoms with Crippen molar-refractivity contribution in [3.63, 3.8) is 0 Å². The summed E-state index contributed by atoms with van der Waals surface area (Å²) in [5, 5.41) is 17.0. The molecule has 10 nitrogen and oxygen atoms in total. The molecule has 1 aromatic carbocycles. The number of nitro groups is 1. The lowest BCUT2D eigenvalue weighted by atomic mass is 10.1. The third-order valence-electron chi connectivity index (χ3n) is 3.39. The lowest BCUT2D eigenvalue weighted by Gasteiger charge is -2.21. The molecule has 2 amide bonds. The molecular weight excluding hydrogens is 344 g/mol. The second-order valence-corrected chi connectivity index (χ2v) is 5.40. The van der Waals surface area contributed by atoms with E-state index in [9.17, 15) is 19.7 Å². The Bertz CT molecular complexity index is 804. The molecule has 0 aliphatic carbocycles. The van der Waals surface area contributed by atoms with Crippen molar-refractivity contribution in [2.45, 2.75) is 6.92 Å². The van der Waals surface area contributed by atoms with Gasteiger partial charge in [-0.25, -0.2) is 0 Å². The first-order valence-corrected chi connectivity index (χ1v) is 7.66. The van der Waals surface area contributed by atoms with Crippen LogP contribution in [0.5, 0.6) is 0 Å². The number of benzene rings is 1. The number of hydrogen-bond acceptors (Lipinski definition) is 7. The Morgan fingerprint density at radius 1 is 1.38 bits per heavy atom. The van der Waals surface area contributed by atoms with E-state index in [4.69, 9.17) is 9.26 Å². The molecule has 10 heteroatoms. The molecule has 0 unspecified atom stereocenters. The number of ether oxygens (including phenoxy) is 1. The van der Waals surface area contributed by atoms with Gasteiger partial charge >= 0.3 is 0 Å². The Kier molecular flexibility index (Phi) is 6.39. The van der Waals surface area contributed by atoms with Gasteiger partial charge in [-0.1, -0.05) is 11.2 Å². The minimum atomic E-state index is -0.587. The van der Waals surface area contributed by atoms with Gasteiger partial charge in [-0.2, -0.15) is 0 Å². The maximum atomic E-state index is 12.7. The van der Waals surface area contributed by atoms with E-state index in [-0.39, 0.29) is 36.8 Å². The molecule has 2 rings (SSSR count). The van der Waals surface area contributed by atoms with Gasteiger partial charge in [0.2, 0.25) is 5.91 Å². The second-order valence-electron chi connectivity index (χ2n) is 5.40. The van der Waals surface area contributed by atoms with Crippen LogP contribution < -0.4 is 5.32 Å². The van der Waals surface area contributed by atoms with Crippen molar-refractivity contribution in [1.29, 1.82) is 0 Å². The highest BCUT2D eigenvalue weighted by Crippen LogP contribution is 2.15. The Labute approximate surface area is 148 Å². The number of methoxy groups -OCH3 is 1. The number of nitro benzene ring substituents is 1. The maximum absolute atomic E-state index is 12.7. The average Bonchev–Trinajstić information content (AvgIpc) is 3.02. The fourth-order valence-electron chi connectivity index (χ4n) is 2.17. The Morgan fingerprint density at radius 2 is 2.15 bits per heavy atom. The van der Waals surface area contributed by atoms with Gasteiger partial charge in [-0.15, -0.1) is 0 Å². The van der Waals surface area contributed by atoms with Crippen LogP contribution in [0.25, 0.3) is 0 Å². The molecule has 1 N–H and O–H groups in total. The summed E-state index contributed by atoms with van der Waals surface area (Å²) in [4.78, 5) is 36.4. The van der Waals surface area contributed by atoms with E-state index in [0.29, 0.717) is 5.76 Å². The number of aryl methyl sites for hydroxylation is 1. The Hall–Kier alpha value is -3.27. The van der Waals surface area contributed by atoms with Crippen LogP contribution >= 0.6 is 0 Å². The highest BCUT2D eigenvalue weighted by molar-refractivity contribution is 5.99. The van der Waals surface area contributed by atoms with Crippen LogP contribution in [0.15, 0.2) is 34.9 Å². The van der Waals surface area contributed by atoms with E-state index in [1.54, 1.807) is 13.0 Å². The molecule has 1 heterocycles. The maximum Gasteiger partial charge on any atom is 0.270 e. The lowest BCUT2D eigenvalue weighted by molar-refractivity contribution is -0.384. The van der Waals surface area contributed by atoms with Gasteiger partial charge < -0.3 is 19.5 Å². The summed E-state index contributed by atoms with van der Waals surface area (Å²) >= 11 is 0. The number of nitrogens with zero attached hydrogens (tertiary/aromatic N) is 3. The van der Waals surface area contributed by atoms with Crippen LogP contribution in [0.3, 0.4) is 0 Å². The molecule has 0 radical (unpaired) electrons. The van der Waals surface area contributed by atoms with Crippen molar-refractivity contribution in [2.75, 3.05) is 32.1 Å². The first kappa shape index (κ1) is 19.1. The van der Waals surface area contributed by atoms with Crippen LogP contribution in [0.1, 0.15) is 16.1 Å². The fraction of sp³-hybridized carbons (Fsp3) is 0.312. The highest BCUT2D eigenvalue weighted by Gasteiger charge is 2.21. The van der Waals surface area contributed by atoms with Gasteiger partial charge in [0.25, 0.3) is 11.6 Å². The van der Waals surface area contributed by atoms with Crippen molar-refractivity contribution in [3.05, 3.63) is 51.8 Å². The minimum absolute atomic E-state index is 0.111. The normalized spacial score (nSPS) is 10.4. The summed E-state index contributed by atoms with van der Waals surface area (Å²) in [5.74, 6) is -0.225. The van der Waals surface area contributed by atoms with Gasteiger partial charge in [0.1, 0.15) is 12.3 Å². The van der Waals surface area contributed by atoms with Crippen molar-refractivity contribution in [2.24, 2.45) is 0 Å². The zero-order valence-corrected chi connectivity index (χ0v) is 14.3. The molecule has 2 aromatic rings. The van der Waals surface area contributed by atoms with Gasteiger partial charge in [0.15, 0.2) is 5.82 Å². The van der Waals surface area contributed by atoms with E-state index >= 15 is 0 Å². The smallest absolute Gasteiger partial charge is 0.270 e. The number of hydrogen-bond donors (Lipinski definition) is 1. The molecule has 0 aliphatic heterocycles. The summed E-state index contributed by atoms with van der Waals surface area (Å²) in [6.45, 7) is 1.76. The number of non-ortho nitro benzene ring substituents is 1. The third kappa shape index (κ3) is 5.11. The number of amides is 2. The molecule has 0 fully saturated rings. The average molecular weight is 362 g/mol. The summed E-state index contributed by atoms with van der Waals surface area (Å²) in [5.41, 5.74) is -0.0922. The first-order valence-electron chi connectivity index (χ1n) is 7.66. The highest BCUT2D eigenvalue weighted by atomic mass is 16.6. The number of carbonyl (C=O) groups is 2. The second kappa shape index (κ2) is 8.72. The number of carbonyl (C=O) groups excluding carboxylic acids is 2. The van der Waals surface area contributed by atoms with Gasteiger partial charge in [-0.3, -0.25) is 19.7 Å². The van der Waals surface area contributed by atoms with Crippen LogP contribution in [-0.2, 0) is 9.53 Å². The molecule has 0 saturated carbocycles. The quantitative estimate of drug-likeness (QED) is 0.558. The standard InChI is InChI=1S/C16H18N4O6/c1-11-8-14(18-26-11)17-15(21)10-19(6-7-25-2)16(22)12-4-3-5-13(9-12)20(23)24/h3-5,8-9H,6-7,10H2,1-2H3,(H,17,18,21). The van der Waals surface area contributed by atoms with Gasteiger partial charge in [0, 0.05) is 37.4 Å². The van der Waals surface area contributed by atoms with E-state index in [2.05, 4.69) is 10.5 Å². The Morgan fingerprint density at radius 3 is 2.77 bits per heavy atom. The molecule has 0 atom stereocenters. The first-order chi connectivity index (χ1) is 12.4. The van der Waals surface area contributed by atoms with Crippen molar-refractivity contribution in [1.82, 2.24) is 10.1 Å². The minimum Gasteiger partial charge on any atom is -0.383 e. The predicted octanol–water partition coefficient (Wildman–Crippen LogP) is 1.62. The van der Waals surface area contributed by atoms with E-state index < -0.39 is 16.7 Å². The van der Waals surface area contributed by atoms with E-state index in [0.717, 1.165) is 0 Å². The number of aromatic nitrogens is 1. The summed E-state index contributed by atoms with van der Waals surface area (Å²) in [6, 6.07) is 6.86. The van der Waals surface area contributed by atoms with Crippen LogP contribution in [-0.4, -0.2) is 53.6 Å². The van der Waals surface area contributed by atoms with Crippen molar-refractivity contribution in [3.8, 4) is 0 Å². The number of anilines is 1. The zero-order valence-electron chi connectivity index (χ0n) is 14.3. The molecule has 0 aliphatic rings. The van der Waals surface area contributed by atoms with E-state index in [1.807, 2.05) is 0 Å². The number of nitrogens with one attached hydrogen (secondary N) is 1. The molecule has 0 spiro atoms. The molecular formula is C16H18N4O6. The SMILES string of the molecule is COCCN(CC(=O)Nc1cc(C)on1)C(=O)c1cccc([N+](=O)[O-])c1. The summed E-state index contributed by atoms with van der Waals surface area (Å²) in [7, 11) is 1.47. The lowest BCUT2D eigenvalue weighted by Crippen LogP contribution is -2.40. The molecule has 138 valence electrons. The predicted molar refractivity (Wildman–Crippen MR) is 90.7 cm³/mol. The number of rotatable bonds is 8. The van der Waals surface area contributed by atoms with E-state index in [1.165, 1.54) is 36.3 Å². The fourth-order valence-corrected chi connectivity index (χ4v) is 2.17. The third-order valence-corrected chi connectivity index (χ3v) is 3.39. The van der Waals surface area contributed by atoms with Crippen molar-refractivity contribution >= 4 is 23.3 Å². The molecule has 1 aromatic heterocycles. The zero-order chi connectivity index (χ0) is 19.1. The van der Waals surface area contributed by atoms with Crippen LogP contribution in [0.2, 0.25) is 0 Å². The van der Waals surface area contributed by atoms with Crippen LogP contribution in [0.4, 0.5) is 11.5 Å². The van der Waals surface area contributed by atoms with Crippen LogP contribution in [0, 0.1) is 17.0 Å². The molecule has 26 heavy (non-hydrogen) atoms.